The van der Waals surface area contributed by atoms with Crippen molar-refractivity contribution >= 4 is 23.1 Å². The smallest absolute Gasteiger partial charge is 0.233 e. The van der Waals surface area contributed by atoms with Crippen LogP contribution in [-0.2, 0) is 9.53 Å². The summed E-state index contributed by atoms with van der Waals surface area (Å²) < 4.78 is 5.08. The maximum absolute atomic E-state index is 12.4. The molecule has 0 radical (unpaired) electrons. The maximum Gasteiger partial charge on any atom is 0.233 e. The Hall–Kier alpha value is -0.680. The van der Waals surface area contributed by atoms with E-state index in [1.165, 1.54) is 0 Å². The van der Waals surface area contributed by atoms with E-state index in [-0.39, 0.29) is 5.91 Å². The zero-order valence-corrected chi connectivity index (χ0v) is 11.7. The van der Waals surface area contributed by atoms with Gasteiger partial charge in [-0.1, -0.05) is 25.1 Å². The fraction of sp³-hybridized carbons (Fsp3) is 0.833. The van der Waals surface area contributed by atoms with E-state index in [1.807, 2.05) is 13.8 Å². The molecule has 98 valence electrons. The fourth-order valence-corrected chi connectivity index (χ4v) is 2.68. The molecule has 0 saturated heterocycles. The van der Waals surface area contributed by atoms with Crippen molar-refractivity contribution in [3.63, 3.8) is 0 Å². The minimum absolute atomic E-state index is 0.0513. The maximum atomic E-state index is 12.4. The Morgan fingerprint density at radius 3 is 2.41 bits per heavy atom. The molecule has 1 rings (SSSR count). The van der Waals surface area contributed by atoms with Crippen molar-refractivity contribution in [3.8, 4) is 0 Å². The van der Waals surface area contributed by atoms with Crippen LogP contribution in [0.3, 0.4) is 0 Å². The highest BCUT2D eigenvalue weighted by Gasteiger charge is 2.45. The molecular formula is C12H22N2O2S. The van der Waals surface area contributed by atoms with Crippen molar-refractivity contribution in [2.45, 2.75) is 45.1 Å². The number of carbonyl (C=O) groups is 1. The van der Waals surface area contributed by atoms with Gasteiger partial charge >= 0.3 is 0 Å². The highest BCUT2D eigenvalue weighted by Crippen LogP contribution is 2.39. The Morgan fingerprint density at radius 2 is 2.00 bits per heavy atom. The molecule has 0 aromatic carbocycles. The summed E-state index contributed by atoms with van der Waals surface area (Å²) in [6.07, 6.45) is 3.54. The number of methoxy groups -OCH3 is 1. The number of ether oxygens (including phenoxy) is 1. The van der Waals surface area contributed by atoms with Crippen LogP contribution < -0.4 is 11.1 Å². The van der Waals surface area contributed by atoms with Crippen molar-refractivity contribution in [2.24, 2.45) is 11.1 Å². The Labute approximate surface area is 108 Å². The van der Waals surface area contributed by atoms with Crippen LogP contribution >= 0.6 is 12.2 Å². The summed E-state index contributed by atoms with van der Waals surface area (Å²) in [6, 6.07) is 0. The monoisotopic (exact) mass is 258 g/mol. The molecule has 0 bridgehead atoms. The molecule has 0 unspecified atom stereocenters. The van der Waals surface area contributed by atoms with Gasteiger partial charge in [-0.05, 0) is 26.7 Å². The summed E-state index contributed by atoms with van der Waals surface area (Å²) in [7, 11) is 1.62. The topological polar surface area (TPSA) is 64.3 Å². The van der Waals surface area contributed by atoms with E-state index >= 15 is 0 Å². The number of nitrogens with two attached hydrogens (primary N) is 1. The first-order valence-corrected chi connectivity index (χ1v) is 6.36. The van der Waals surface area contributed by atoms with E-state index in [2.05, 4.69) is 5.32 Å². The van der Waals surface area contributed by atoms with Crippen LogP contribution in [0, 0.1) is 5.41 Å². The molecule has 1 amide bonds. The van der Waals surface area contributed by atoms with Crippen LogP contribution in [0.4, 0.5) is 0 Å². The highest BCUT2D eigenvalue weighted by molar-refractivity contribution is 7.80. The lowest BCUT2D eigenvalue weighted by molar-refractivity contribution is -0.129. The molecule has 3 N–H and O–H groups in total. The highest BCUT2D eigenvalue weighted by atomic mass is 32.1. The average Bonchev–Trinajstić information content (AvgIpc) is 2.65. The lowest BCUT2D eigenvalue weighted by Gasteiger charge is -2.33. The SMILES string of the molecule is COCC(C)(C)NC(=O)C1(C(N)=S)CCCC1. The zero-order chi connectivity index (χ0) is 13.1. The molecule has 1 fully saturated rings. The molecular weight excluding hydrogens is 236 g/mol. The summed E-state index contributed by atoms with van der Waals surface area (Å²) in [5, 5.41) is 2.99. The Kier molecular flexibility index (Phi) is 4.49. The first kappa shape index (κ1) is 14.4. The number of amides is 1. The number of carbonyl (C=O) groups excluding carboxylic acids is 1. The molecule has 0 aromatic heterocycles. The fourth-order valence-electron chi connectivity index (χ4n) is 2.39. The summed E-state index contributed by atoms with van der Waals surface area (Å²) in [6.45, 7) is 4.32. The lowest BCUT2D eigenvalue weighted by atomic mass is 9.84. The van der Waals surface area contributed by atoms with Crippen LogP contribution in [0.2, 0.25) is 0 Å². The molecule has 0 heterocycles. The third kappa shape index (κ3) is 3.16. The predicted molar refractivity (Wildman–Crippen MR) is 71.8 cm³/mol. The first-order valence-electron chi connectivity index (χ1n) is 5.95. The number of nitrogens with one attached hydrogen (secondary N) is 1. The van der Waals surface area contributed by atoms with Gasteiger partial charge in [0.1, 0.15) is 0 Å². The lowest BCUT2D eigenvalue weighted by Crippen LogP contribution is -2.55. The third-order valence-electron chi connectivity index (χ3n) is 3.32. The first-order chi connectivity index (χ1) is 7.84. The van der Waals surface area contributed by atoms with Crippen molar-refractivity contribution in [2.75, 3.05) is 13.7 Å². The predicted octanol–water partition coefficient (Wildman–Crippen LogP) is 1.37. The van der Waals surface area contributed by atoms with Gasteiger partial charge in [0.2, 0.25) is 5.91 Å². The van der Waals surface area contributed by atoms with E-state index in [0.717, 1.165) is 25.7 Å². The van der Waals surface area contributed by atoms with Crippen LogP contribution in [0.15, 0.2) is 0 Å². The van der Waals surface area contributed by atoms with Gasteiger partial charge in [0, 0.05) is 7.11 Å². The van der Waals surface area contributed by atoms with Gasteiger partial charge in [-0.2, -0.15) is 0 Å². The second-order valence-electron chi connectivity index (χ2n) is 5.42. The van der Waals surface area contributed by atoms with Crippen LogP contribution in [0.5, 0.6) is 0 Å². The van der Waals surface area contributed by atoms with Crippen LogP contribution in [0.25, 0.3) is 0 Å². The second-order valence-corrected chi connectivity index (χ2v) is 5.86. The van der Waals surface area contributed by atoms with Gasteiger partial charge in [-0.15, -0.1) is 0 Å². The van der Waals surface area contributed by atoms with Crippen molar-refractivity contribution < 1.29 is 9.53 Å². The Morgan fingerprint density at radius 1 is 1.47 bits per heavy atom. The van der Waals surface area contributed by atoms with Gasteiger partial charge in [-0.3, -0.25) is 4.79 Å². The van der Waals surface area contributed by atoms with Crippen LogP contribution in [0.1, 0.15) is 39.5 Å². The Bertz CT molecular complexity index is 310. The molecule has 0 atom stereocenters. The molecule has 5 heteroatoms. The van der Waals surface area contributed by atoms with Crippen molar-refractivity contribution in [1.29, 1.82) is 0 Å². The largest absolute Gasteiger partial charge is 0.392 e. The normalized spacial score (nSPS) is 19.0. The van der Waals surface area contributed by atoms with E-state index in [0.29, 0.717) is 11.6 Å². The minimum Gasteiger partial charge on any atom is -0.392 e. The van der Waals surface area contributed by atoms with E-state index in [4.69, 9.17) is 22.7 Å². The zero-order valence-electron chi connectivity index (χ0n) is 10.8. The standard InChI is InChI=1S/C12H22N2O2S/c1-11(2,8-16-3)14-10(15)12(9(13)17)6-4-5-7-12/h4-8H2,1-3H3,(H2,13,17)(H,14,15). The number of hydrogen-bond acceptors (Lipinski definition) is 3. The molecule has 0 aromatic rings. The van der Waals surface area contributed by atoms with Gasteiger partial charge in [0.15, 0.2) is 0 Å². The average molecular weight is 258 g/mol. The summed E-state index contributed by atoms with van der Waals surface area (Å²) in [5.74, 6) is -0.0513. The van der Waals surface area contributed by atoms with E-state index in [1.54, 1.807) is 7.11 Å². The van der Waals surface area contributed by atoms with Gasteiger partial charge in [-0.25, -0.2) is 0 Å². The molecule has 17 heavy (non-hydrogen) atoms. The van der Waals surface area contributed by atoms with Gasteiger partial charge < -0.3 is 15.8 Å². The van der Waals surface area contributed by atoms with Crippen molar-refractivity contribution in [1.82, 2.24) is 5.32 Å². The van der Waals surface area contributed by atoms with E-state index < -0.39 is 11.0 Å². The van der Waals surface area contributed by atoms with Gasteiger partial charge in [0.25, 0.3) is 0 Å². The molecule has 1 aliphatic rings. The molecule has 4 nitrogen and oxygen atoms in total. The van der Waals surface area contributed by atoms with Gasteiger partial charge in [0.05, 0.1) is 22.5 Å². The second kappa shape index (κ2) is 5.31. The number of thiocarbonyl (C=S) groups is 1. The molecule has 0 aliphatic heterocycles. The quantitative estimate of drug-likeness (QED) is 0.731. The molecule has 1 aliphatic carbocycles. The van der Waals surface area contributed by atoms with Crippen molar-refractivity contribution in [3.05, 3.63) is 0 Å². The summed E-state index contributed by atoms with van der Waals surface area (Å²) >= 11 is 5.08. The molecule has 0 spiro atoms. The molecule has 1 saturated carbocycles. The summed E-state index contributed by atoms with van der Waals surface area (Å²) in [4.78, 5) is 12.7. The van der Waals surface area contributed by atoms with E-state index in [9.17, 15) is 4.79 Å². The number of hydrogen-bond donors (Lipinski definition) is 2. The minimum atomic E-state index is -0.639. The third-order valence-corrected chi connectivity index (χ3v) is 3.71. The summed E-state index contributed by atoms with van der Waals surface area (Å²) in [5.41, 5.74) is 4.73. The number of rotatable bonds is 5. The van der Waals surface area contributed by atoms with Crippen LogP contribution in [-0.4, -0.2) is 30.2 Å². The Balaban J connectivity index is 2.77.